The van der Waals surface area contributed by atoms with Gasteiger partial charge in [0.2, 0.25) is 5.91 Å². The molecular weight excluding hydrogens is 349 g/mol. The van der Waals surface area contributed by atoms with Gasteiger partial charge in [-0.05, 0) is 29.8 Å². The lowest BCUT2D eigenvalue weighted by atomic mass is 10.2. The van der Waals surface area contributed by atoms with E-state index in [0.717, 1.165) is 16.1 Å². The lowest BCUT2D eigenvalue weighted by Crippen LogP contribution is -2.32. The summed E-state index contributed by atoms with van der Waals surface area (Å²) in [6.45, 7) is 0.527. The van der Waals surface area contributed by atoms with Crippen molar-refractivity contribution in [1.29, 1.82) is 0 Å². The van der Waals surface area contributed by atoms with Gasteiger partial charge in [0.05, 0.1) is 18.7 Å². The molecule has 3 aromatic rings. The van der Waals surface area contributed by atoms with Crippen LogP contribution in [0, 0.1) is 18.2 Å². The van der Waals surface area contributed by atoms with Gasteiger partial charge in [-0.3, -0.25) is 9.78 Å². The Labute approximate surface area is 155 Å². The van der Waals surface area contributed by atoms with Crippen molar-refractivity contribution >= 4 is 17.2 Å². The molecule has 2 heterocycles. The van der Waals surface area contributed by atoms with E-state index in [1.165, 1.54) is 23.5 Å². The molecule has 0 saturated heterocycles. The molecule has 0 saturated carbocycles. The number of nitrogens with zero attached hydrogens (tertiary/aromatic N) is 3. The zero-order valence-electron chi connectivity index (χ0n) is 13.9. The van der Waals surface area contributed by atoms with Gasteiger partial charge in [-0.2, -0.15) is 0 Å². The molecular formula is C20H16FN3OS. The number of amides is 1. The van der Waals surface area contributed by atoms with Gasteiger partial charge in [-0.1, -0.05) is 18.1 Å². The second kappa shape index (κ2) is 8.37. The van der Waals surface area contributed by atoms with Crippen LogP contribution >= 0.6 is 11.3 Å². The van der Waals surface area contributed by atoms with Crippen molar-refractivity contribution in [3.05, 3.63) is 71.2 Å². The summed E-state index contributed by atoms with van der Waals surface area (Å²) in [5.41, 5.74) is 2.44. The van der Waals surface area contributed by atoms with E-state index in [-0.39, 0.29) is 24.7 Å². The summed E-state index contributed by atoms with van der Waals surface area (Å²) >= 11 is 1.47. The van der Waals surface area contributed by atoms with Crippen LogP contribution in [0.15, 0.2) is 54.2 Å². The first-order valence-corrected chi connectivity index (χ1v) is 8.84. The number of carbonyl (C=O) groups is 1. The lowest BCUT2D eigenvalue weighted by Gasteiger charge is -2.20. The first-order chi connectivity index (χ1) is 12.7. The third-order valence-electron chi connectivity index (χ3n) is 3.71. The predicted octanol–water partition coefficient (Wildman–Crippen LogP) is 3.55. The highest BCUT2D eigenvalue weighted by Gasteiger charge is 2.16. The van der Waals surface area contributed by atoms with Gasteiger partial charge in [0.15, 0.2) is 0 Å². The number of rotatable bonds is 6. The minimum atomic E-state index is -0.311. The molecule has 1 aromatic carbocycles. The van der Waals surface area contributed by atoms with E-state index < -0.39 is 0 Å². The number of carbonyl (C=O) groups excluding carboxylic acids is 1. The maximum atomic E-state index is 13.0. The highest BCUT2D eigenvalue weighted by Crippen LogP contribution is 2.23. The number of hydrogen-bond donors (Lipinski definition) is 0. The molecule has 0 N–H and O–H groups in total. The van der Waals surface area contributed by atoms with E-state index in [0.29, 0.717) is 12.2 Å². The van der Waals surface area contributed by atoms with Crippen LogP contribution in [0.25, 0.3) is 10.6 Å². The number of aromatic nitrogens is 2. The van der Waals surface area contributed by atoms with Gasteiger partial charge >= 0.3 is 0 Å². The molecule has 0 bridgehead atoms. The smallest absolute Gasteiger partial charge is 0.229 e. The Morgan fingerprint density at radius 2 is 2.08 bits per heavy atom. The Morgan fingerprint density at radius 1 is 1.27 bits per heavy atom. The van der Waals surface area contributed by atoms with Crippen molar-refractivity contribution in [2.75, 3.05) is 6.54 Å². The van der Waals surface area contributed by atoms with E-state index in [1.807, 2.05) is 17.5 Å². The van der Waals surface area contributed by atoms with Gasteiger partial charge in [0, 0.05) is 29.9 Å². The van der Waals surface area contributed by atoms with Gasteiger partial charge < -0.3 is 4.90 Å². The molecule has 2 aromatic heterocycles. The van der Waals surface area contributed by atoms with Crippen molar-refractivity contribution in [2.24, 2.45) is 0 Å². The Kier molecular flexibility index (Phi) is 5.72. The summed E-state index contributed by atoms with van der Waals surface area (Å²) in [4.78, 5) is 22.8. The molecule has 1 amide bonds. The minimum Gasteiger partial charge on any atom is -0.327 e. The van der Waals surface area contributed by atoms with Crippen LogP contribution in [0.3, 0.4) is 0 Å². The number of halogens is 1. The maximum absolute atomic E-state index is 13.0. The predicted molar refractivity (Wildman–Crippen MR) is 99.7 cm³/mol. The summed E-state index contributed by atoms with van der Waals surface area (Å²) in [7, 11) is 0. The zero-order valence-corrected chi connectivity index (χ0v) is 14.7. The number of terminal acetylenes is 1. The van der Waals surface area contributed by atoms with Crippen LogP contribution in [0.1, 0.15) is 11.3 Å². The lowest BCUT2D eigenvalue weighted by molar-refractivity contribution is -0.130. The first kappa shape index (κ1) is 17.8. The fraction of sp³-hybridized carbons (Fsp3) is 0.150. The Balaban J connectivity index is 1.69. The fourth-order valence-electron chi connectivity index (χ4n) is 2.43. The molecule has 0 aliphatic carbocycles. The molecule has 0 aliphatic heterocycles. The van der Waals surface area contributed by atoms with Crippen LogP contribution < -0.4 is 0 Å². The Morgan fingerprint density at radius 3 is 2.77 bits per heavy atom. The van der Waals surface area contributed by atoms with Gasteiger partial charge in [0.1, 0.15) is 10.8 Å². The zero-order chi connectivity index (χ0) is 18.4. The average Bonchev–Trinajstić information content (AvgIpc) is 3.12. The standard InChI is InChI=1S/C20H16FN3OS/c1-2-10-24(13-15-5-7-17(21)8-6-15)19(25)11-18-14-26-20(23-18)16-4-3-9-22-12-16/h1,3-9,12,14H,10-11,13H2. The summed E-state index contributed by atoms with van der Waals surface area (Å²) in [5.74, 6) is 2.08. The average molecular weight is 365 g/mol. The van der Waals surface area contributed by atoms with E-state index in [2.05, 4.69) is 15.9 Å². The van der Waals surface area contributed by atoms with E-state index in [9.17, 15) is 9.18 Å². The summed E-state index contributed by atoms with van der Waals surface area (Å²) in [6.07, 6.45) is 9.00. The molecule has 3 rings (SSSR count). The van der Waals surface area contributed by atoms with Crippen LogP contribution in [-0.4, -0.2) is 27.3 Å². The molecule has 130 valence electrons. The van der Waals surface area contributed by atoms with Gasteiger partial charge in [-0.15, -0.1) is 17.8 Å². The van der Waals surface area contributed by atoms with Crippen LogP contribution in [0.5, 0.6) is 0 Å². The first-order valence-electron chi connectivity index (χ1n) is 7.96. The fourth-order valence-corrected chi connectivity index (χ4v) is 3.24. The topological polar surface area (TPSA) is 46.1 Å². The van der Waals surface area contributed by atoms with Crippen molar-refractivity contribution < 1.29 is 9.18 Å². The van der Waals surface area contributed by atoms with E-state index >= 15 is 0 Å². The molecule has 0 fully saturated rings. The number of hydrogen-bond acceptors (Lipinski definition) is 4. The quantitative estimate of drug-likeness (QED) is 0.628. The van der Waals surface area contributed by atoms with E-state index in [1.54, 1.807) is 29.4 Å². The molecule has 0 unspecified atom stereocenters. The molecule has 6 heteroatoms. The minimum absolute atomic E-state index is 0.115. The number of benzene rings is 1. The third kappa shape index (κ3) is 4.52. The summed E-state index contributed by atoms with van der Waals surface area (Å²) < 4.78 is 13.0. The normalized spacial score (nSPS) is 10.3. The molecule has 0 aliphatic rings. The largest absolute Gasteiger partial charge is 0.327 e. The van der Waals surface area contributed by atoms with E-state index in [4.69, 9.17) is 6.42 Å². The molecule has 0 radical (unpaired) electrons. The van der Waals surface area contributed by atoms with Gasteiger partial charge in [-0.25, -0.2) is 9.37 Å². The van der Waals surface area contributed by atoms with Crippen molar-refractivity contribution in [2.45, 2.75) is 13.0 Å². The van der Waals surface area contributed by atoms with Crippen LogP contribution in [-0.2, 0) is 17.8 Å². The second-order valence-corrected chi connectivity index (χ2v) is 6.50. The Bertz CT molecular complexity index is 916. The molecule has 0 atom stereocenters. The van der Waals surface area contributed by atoms with Crippen molar-refractivity contribution in [3.8, 4) is 22.9 Å². The number of pyridine rings is 1. The highest BCUT2D eigenvalue weighted by atomic mass is 32.1. The Hall–Kier alpha value is -3.04. The SMILES string of the molecule is C#CCN(Cc1ccc(F)cc1)C(=O)Cc1csc(-c2cccnc2)n1. The van der Waals surface area contributed by atoms with Crippen molar-refractivity contribution in [1.82, 2.24) is 14.9 Å². The summed E-state index contributed by atoms with van der Waals surface area (Å²) in [5, 5.41) is 2.69. The number of thiazole rings is 1. The highest BCUT2D eigenvalue weighted by molar-refractivity contribution is 7.13. The van der Waals surface area contributed by atoms with Gasteiger partial charge in [0.25, 0.3) is 0 Å². The van der Waals surface area contributed by atoms with Crippen LogP contribution in [0.4, 0.5) is 4.39 Å². The third-order valence-corrected chi connectivity index (χ3v) is 4.65. The monoisotopic (exact) mass is 365 g/mol. The molecule has 26 heavy (non-hydrogen) atoms. The van der Waals surface area contributed by atoms with Crippen molar-refractivity contribution in [3.63, 3.8) is 0 Å². The molecule has 0 spiro atoms. The molecule has 4 nitrogen and oxygen atoms in total. The maximum Gasteiger partial charge on any atom is 0.229 e. The second-order valence-electron chi connectivity index (χ2n) is 5.64. The van der Waals surface area contributed by atoms with Crippen LogP contribution in [0.2, 0.25) is 0 Å². The summed E-state index contributed by atoms with van der Waals surface area (Å²) in [6, 6.07) is 9.81.